The number of amides is 2. The fourth-order valence-corrected chi connectivity index (χ4v) is 7.11. The first-order chi connectivity index (χ1) is 22.9. The van der Waals surface area contributed by atoms with Crippen LogP contribution < -0.4 is 10.6 Å². The van der Waals surface area contributed by atoms with Crippen molar-refractivity contribution >= 4 is 39.2 Å². The lowest BCUT2D eigenvalue weighted by atomic mass is 9.84. The minimum absolute atomic E-state index is 0.0839. The molecule has 2 amide bonds. The number of aromatic amines is 1. The predicted molar refractivity (Wildman–Crippen MR) is 175 cm³/mol. The van der Waals surface area contributed by atoms with Crippen molar-refractivity contribution in [1.29, 1.82) is 0 Å². The fraction of sp³-hybridized carbons (Fsp3) is 0.265. The Hall–Kier alpha value is -4.98. The van der Waals surface area contributed by atoms with Crippen molar-refractivity contribution in [3.05, 3.63) is 116 Å². The molecule has 2 aliphatic heterocycles. The second-order valence-corrected chi connectivity index (χ2v) is 13.0. The lowest BCUT2D eigenvalue weighted by Crippen LogP contribution is -2.56. The number of alkyl halides is 3. The Morgan fingerprint density at radius 3 is 2.44 bits per heavy atom. The topological polar surface area (TPSA) is 109 Å². The molecule has 5 aromatic rings. The van der Waals surface area contributed by atoms with Gasteiger partial charge in [0.05, 0.1) is 29.4 Å². The summed E-state index contributed by atoms with van der Waals surface area (Å²) >= 11 is 2.95. The third-order valence-electron chi connectivity index (χ3n) is 9.07. The van der Waals surface area contributed by atoms with E-state index in [9.17, 15) is 27.6 Å². The standard InChI is InChI=1S/C34H29BrF3N7O3/c1-19-14-25-28(18-43(19)31(46)22-10-13-27(35)26(16-22)34(36,37)38)45-30(23(17-39-45)15-20-6-4-3-5-7-20)44(32(25)47)24-11-8-21(9-12-24)29-40-33(48)42(2)41-29/h3-13,16-17,19,25,28H,14-15,18H2,1-2H3,(H,40,41,48)/t19-,25?,28?/m0/s1. The number of halogens is 4. The maximum atomic E-state index is 14.5. The molecular formula is C34H29BrF3N7O3. The highest BCUT2D eigenvalue weighted by atomic mass is 79.9. The zero-order valence-electron chi connectivity index (χ0n) is 25.8. The van der Waals surface area contributed by atoms with Crippen molar-refractivity contribution < 1.29 is 22.8 Å². The molecule has 0 aliphatic carbocycles. The maximum absolute atomic E-state index is 14.5. The van der Waals surface area contributed by atoms with Gasteiger partial charge in [-0.15, -0.1) is 0 Å². The molecule has 2 aliphatic rings. The number of H-pyrrole nitrogens is 1. The molecule has 246 valence electrons. The van der Waals surface area contributed by atoms with E-state index in [0.29, 0.717) is 29.3 Å². The molecule has 0 bridgehead atoms. The van der Waals surface area contributed by atoms with Gasteiger partial charge in [-0.3, -0.25) is 19.5 Å². The second-order valence-electron chi connectivity index (χ2n) is 12.1. The Balaban J connectivity index is 1.27. The molecule has 3 atom stereocenters. The molecule has 10 nitrogen and oxygen atoms in total. The highest BCUT2D eigenvalue weighted by Gasteiger charge is 2.48. The number of benzene rings is 3. The summed E-state index contributed by atoms with van der Waals surface area (Å²) in [6.07, 6.45) is -2.14. The van der Waals surface area contributed by atoms with E-state index < -0.39 is 35.6 Å². The molecule has 1 N–H and O–H groups in total. The van der Waals surface area contributed by atoms with E-state index in [-0.39, 0.29) is 34.6 Å². The monoisotopic (exact) mass is 719 g/mol. The first-order valence-corrected chi connectivity index (χ1v) is 16.1. The zero-order chi connectivity index (χ0) is 33.9. The first-order valence-electron chi connectivity index (χ1n) is 15.3. The summed E-state index contributed by atoms with van der Waals surface area (Å²) in [5.41, 5.74) is 1.71. The van der Waals surface area contributed by atoms with Crippen molar-refractivity contribution in [3.8, 4) is 11.4 Å². The van der Waals surface area contributed by atoms with E-state index in [2.05, 4.69) is 26.0 Å². The highest BCUT2D eigenvalue weighted by Crippen LogP contribution is 2.45. The smallest absolute Gasteiger partial charge is 0.334 e. The normalized spacial score (nSPS) is 19.3. The van der Waals surface area contributed by atoms with Crippen LogP contribution in [0.15, 0.2) is 88.3 Å². The minimum Gasteiger partial charge on any atom is -0.334 e. The molecule has 7 rings (SSSR count). The molecular weight excluding hydrogens is 691 g/mol. The third-order valence-corrected chi connectivity index (χ3v) is 9.76. The van der Waals surface area contributed by atoms with E-state index in [1.54, 1.807) is 54.0 Å². The van der Waals surface area contributed by atoms with Gasteiger partial charge in [-0.25, -0.2) is 14.2 Å². The molecule has 1 saturated heterocycles. The lowest BCUT2D eigenvalue weighted by molar-refractivity contribution is -0.138. The van der Waals surface area contributed by atoms with E-state index in [4.69, 9.17) is 5.10 Å². The fourth-order valence-electron chi connectivity index (χ4n) is 6.64. The second kappa shape index (κ2) is 11.9. The first kappa shape index (κ1) is 31.6. The third kappa shape index (κ3) is 5.53. The van der Waals surface area contributed by atoms with Crippen LogP contribution in [0.25, 0.3) is 11.4 Å². The van der Waals surface area contributed by atoms with Crippen molar-refractivity contribution in [3.63, 3.8) is 0 Å². The van der Waals surface area contributed by atoms with Crippen LogP contribution in [0.4, 0.5) is 24.7 Å². The number of aromatic nitrogens is 5. The van der Waals surface area contributed by atoms with Gasteiger partial charge in [0.1, 0.15) is 5.82 Å². The molecule has 4 heterocycles. The van der Waals surface area contributed by atoms with Gasteiger partial charge < -0.3 is 4.90 Å². The molecule has 3 aromatic carbocycles. The van der Waals surface area contributed by atoms with Crippen LogP contribution in [0, 0.1) is 5.92 Å². The minimum atomic E-state index is -4.64. The van der Waals surface area contributed by atoms with Gasteiger partial charge in [0.2, 0.25) is 5.91 Å². The molecule has 0 radical (unpaired) electrons. The van der Waals surface area contributed by atoms with Crippen molar-refractivity contribution in [2.45, 2.75) is 38.0 Å². The Morgan fingerprint density at radius 1 is 1.04 bits per heavy atom. The SMILES string of the molecule is C[C@H]1CC2C(=O)N(c3ccc(-c4nn(C)c(=O)[nH]4)cc3)c3c(Cc4ccccc4)cnn3C2CN1C(=O)c1ccc(Br)c(C(F)(F)F)c1. The van der Waals surface area contributed by atoms with Gasteiger partial charge in [-0.2, -0.15) is 23.4 Å². The number of fused-ring (bicyclic) bond motifs is 3. The molecule has 14 heteroatoms. The average Bonchev–Trinajstić information content (AvgIpc) is 3.63. The van der Waals surface area contributed by atoms with Crippen molar-refractivity contribution in [2.75, 3.05) is 11.4 Å². The number of rotatable bonds is 5. The number of likely N-dealkylation sites (tertiary alicyclic amines) is 1. The number of aryl methyl sites for hydroxylation is 1. The molecule has 2 aromatic heterocycles. The lowest BCUT2D eigenvalue weighted by Gasteiger charge is -2.47. The molecule has 2 unspecified atom stereocenters. The van der Waals surface area contributed by atoms with Crippen LogP contribution in [-0.4, -0.2) is 53.8 Å². The van der Waals surface area contributed by atoms with Gasteiger partial charge in [-0.05, 0) is 61.4 Å². The van der Waals surface area contributed by atoms with Crippen LogP contribution in [0.3, 0.4) is 0 Å². The van der Waals surface area contributed by atoms with E-state index in [1.807, 2.05) is 30.3 Å². The van der Waals surface area contributed by atoms with Gasteiger partial charge >= 0.3 is 11.9 Å². The summed E-state index contributed by atoms with van der Waals surface area (Å²) in [4.78, 5) is 46.1. The summed E-state index contributed by atoms with van der Waals surface area (Å²) in [5.74, 6) is -0.302. The molecule has 48 heavy (non-hydrogen) atoms. The van der Waals surface area contributed by atoms with Crippen LogP contribution in [0.5, 0.6) is 0 Å². The van der Waals surface area contributed by atoms with E-state index in [0.717, 1.165) is 17.2 Å². The summed E-state index contributed by atoms with van der Waals surface area (Å²) < 4.78 is 43.9. The van der Waals surface area contributed by atoms with Crippen molar-refractivity contribution in [1.82, 2.24) is 29.4 Å². The zero-order valence-corrected chi connectivity index (χ0v) is 27.4. The predicted octanol–water partition coefficient (Wildman–Crippen LogP) is 6.11. The Bertz CT molecular complexity index is 2090. The van der Waals surface area contributed by atoms with E-state index in [1.165, 1.54) is 21.7 Å². The number of piperidine rings is 1. The molecule has 0 saturated carbocycles. The highest BCUT2D eigenvalue weighted by molar-refractivity contribution is 9.10. The van der Waals surface area contributed by atoms with Crippen LogP contribution in [0.2, 0.25) is 0 Å². The Kier molecular flexibility index (Phi) is 7.85. The summed E-state index contributed by atoms with van der Waals surface area (Å²) in [5, 5.41) is 8.97. The molecule has 1 fully saturated rings. The molecule has 0 spiro atoms. The number of nitrogens with one attached hydrogen (secondary N) is 1. The number of hydrogen-bond acceptors (Lipinski definition) is 5. The van der Waals surface area contributed by atoms with Gasteiger partial charge in [0.15, 0.2) is 5.82 Å². The maximum Gasteiger partial charge on any atom is 0.417 e. The number of hydrogen-bond donors (Lipinski definition) is 1. The van der Waals surface area contributed by atoms with Crippen LogP contribution in [0.1, 0.15) is 46.4 Å². The summed E-state index contributed by atoms with van der Waals surface area (Å²) in [6.45, 7) is 1.89. The number of carbonyl (C=O) groups excluding carboxylic acids is 2. The number of carbonyl (C=O) groups is 2. The summed E-state index contributed by atoms with van der Waals surface area (Å²) in [6, 6.07) is 19.4. The van der Waals surface area contributed by atoms with Gasteiger partial charge in [0, 0.05) is 47.2 Å². The Morgan fingerprint density at radius 2 is 1.77 bits per heavy atom. The average molecular weight is 721 g/mol. The van der Waals surface area contributed by atoms with Crippen molar-refractivity contribution in [2.24, 2.45) is 13.0 Å². The van der Waals surface area contributed by atoms with Gasteiger partial charge in [0.25, 0.3) is 5.91 Å². The largest absolute Gasteiger partial charge is 0.417 e. The van der Waals surface area contributed by atoms with Crippen LogP contribution in [-0.2, 0) is 24.4 Å². The summed E-state index contributed by atoms with van der Waals surface area (Å²) in [7, 11) is 1.55. The van der Waals surface area contributed by atoms with Gasteiger partial charge in [-0.1, -0.05) is 46.3 Å². The van der Waals surface area contributed by atoms with E-state index >= 15 is 0 Å². The number of anilines is 2. The quantitative estimate of drug-likeness (QED) is 0.236. The van der Waals surface area contributed by atoms with Crippen LogP contribution >= 0.6 is 15.9 Å². The Labute approximate surface area is 280 Å². The number of nitrogens with zero attached hydrogens (tertiary/aromatic N) is 6.